The second-order valence-electron chi connectivity index (χ2n) is 4.38. The molecule has 1 N–H and O–H groups in total. The maximum atomic E-state index is 9.93. The summed E-state index contributed by atoms with van der Waals surface area (Å²) in [7, 11) is 0. The lowest BCUT2D eigenvalue weighted by molar-refractivity contribution is 0.167. The molecule has 0 saturated carbocycles. The van der Waals surface area contributed by atoms with Gasteiger partial charge in [-0.05, 0) is 24.6 Å². The Morgan fingerprint density at radius 3 is 2.68 bits per heavy atom. The van der Waals surface area contributed by atoms with Crippen molar-refractivity contribution < 1.29 is 9.84 Å². The van der Waals surface area contributed by atoms with E-state index in [-0.39, 0.29) is 0 Å². The van der Waals surface area contributed by atoms with Gasteiger partial charge in [0.05, 0.1) is 12.7 Å². The highest BCUT2D eigenvalue weighted by atomic mass is 16.5. The SMILES string of the molecule is CCC(O)c1ccccc1OCCc1ccccn1. The van der Waals surface area contributed by atoms with E-state index in [9.17, 15) is 5.11 Å². The van der Waals surface area contributed by atoms with Crippen molar-refractivity contribution in [1.82, 2.24) is 4.98 Å². The quantitative estimate of drug-likeness (QED) is 0.864. The first kappa shape index (κ1) is 13.6. The Labute approximate surface area is 113 Å². The van der Waals surface area contributed by atoms with E-state index in [1.54, 1.807) is 6.20 Å². The highest BCUT2D eigenvalue weighted by Gasteiger charge is 2.10. The van der Waals surface area contributed by atoms with Gasteiger partial charge in [-0.2, -0.15) is 0 Å². The molecule has 1 atom stereocenters. The monoisotopic (exact) mass is 257 g/mol. The van der Waals surface area contributed by atoms with Crippen molar-refractivity contribution in [2.45, 2.75) is 25.9 Å². The zero-order valence-electron chi connectivity index (χ0n) is 11.1. The molecule has 0 saturated heterocycles. The highest BCUT2D eigenvalue weighted by Crippen LogP contribution is 2.26. The minimum atomic E-state index is -0.467. The van der Waals surface area contributed by atoms with Crippen molar-refractivity contribution >= 4 is 0 Å². The second kappa shape index (κ2) is 6.90. The molecule has 1 unspecified atom stereocenters. The van der Waals surface area contributed by atoms with Crippen molar-refractivity contribution in [3.8, 4) is 5.75 Å². The van der Waals surface area contributed by atoms with Crippen molar-refractivity contribution in [2.24, 2.45) is 0 Å². The van der Waals surface area contributed by atoms with E-state index in [2.05, 4.69) is 4.98 Å². The van der Waals surface area contributed by atoms with Gasteiger partial charge < -0.3 is 9.84 Å². The highest BCUT2D eigenvalue weighted by molar-refractivity contribution is 5.35. The lowest BCUT2D eigenvalue weighted by Gasteiger charge is -2.14. The Morgan fingerprint density at radius 1 is 1.16 bits per heavy atom. The first-order valence-corrected chi connectivity index (χ1v) is 6.61. The summed E-state index contributed by atoms with van der Waals surface area (Å²) in [6.07, 6.45) is 2.76. The number of ether oxygens (including phenoxy) is 1. The summed E-state index contributed by atoms with van der Waals surface area (Å²) in [4.78, 5) is 4.25. The number of hydrogen-bond acceptors (Lipinski definition) is 3. The summed E-state index contributed by atoms with van der Waals surface area (Å²) in [5.41, 5.74) is 1.86. The van der Waals surface area contributed by atoms with E-state index in [0.717, 1.165) is 23.4 Å². The van der Waals surface area contributed by atoms with Crippen LogP contribution in [0.4, 0.5) is 0 Å². The molecule has 0 amide bonds. The van der Waals surface area contributed by atoms with Crippen LogP contribution in [0.5, 0.6) is 5.75 Å². The third-order valence-corrected chi connectivity index (χ3v) is 3.01. The fraction of sp³-hybridized carbons (Fsp3) is 0.312. The van der Waals surface area contributed by atoms with Gasteiger partial charge >= 0.3 is 0 Å². The van der Waals surface area contributed by atoms with Crippen LogP contribution in [0, 0.1) is 0 Å². The van der Waals surface area contributed by atoms with Crippen molar-refractivity contribution in [3.63, 3.8) is 0 Å². The molecule has 1 aromatic carbocycles. The minimum Gasteiger partial charge on any atom is -0.493 e. The second-order valence-corrected chi connectivity index (χ2v) is 4.38. The first-order chi connectivity index (χ1) is 9.31. The summed E-state index contributed by atoms with van der Waals surface area (Å²) >= 11 is 0. The Bertz CT molecular complexity index is 499. The largest absolute Gasteiger partial charge is 0.493 e. The molecule has 19 heavy (non-hydrogen) atoms. The van der Waals surface area contributed by atoms with E-state index < -0.39 is 6.10 Å². The minimum absolute atomic E-state index is 0.467. The Morgan fingerprint density at radius 2 is 1.95 bits per heavy atom. The number of aliphatic hydroxyl groups excluding tert-OH is 1. The first-order valence-electron chi connectivity index (χ1n) is 6.61. The topological polar surface area (TPSA) is 42.4 Å². The number of benzene rings is 1. The number of aliphatic hydroxyl groups is 1. The smallest absolute Gasteiger partial charge is 0.125 e. The molecule has 2 rings (SSSR count). The molecule has 3 nitrogen and oxygen atoms in total. The molecule has 0 aliphatic carbocycles. The van der Waals surface area contributed by atoms with Gasteiger partial charge in [-0.15, -0.1) is 0 Å². The van der Waals surface area contributed by atoms with E-state index in [1.165, 1.54) is 0 Å². The molecule has 0 spiro atoms. The molecule has 0 bridgehead atoms. The van der Waals surface area contributed by atoms with Gasteiger partial charge in [0.2, 0.25) is 0 Å². The predicted molar refractivity (Wildman–Crippen MR) is 75.1 cm³/mol. The van der Waals surface area contributed by atoms with E-state index in [1.807, 2.05) is 49.4 Å². The summed E-state index contributed by atoms with van der Waals surface area (Å²) in [6.45, 7) is 2.51. The number of pyridine rings is 1. The van der Waals surface area contributed by atoms with Gasteiger partial charge in [0.15, 0.2) is 0 Å². The summed E-state index contributed by atoms with van der Waals surface area (Å²) in [6, 6.07) is 13.5. The lowest BCUT2D eigenvalue weighted by atomic mass is 10.1. The van der Waals surface area contributed by atoms with Crippen LogP contribution in [-0.2, 0) is 6.42 Å². The number of para-hydroxylation sites is 1. The number of rotatable bonds is 6. The maximum Gasteiger partial charge on any atom is 0.125 e. The van der Waals surface area contributed by atoms with Gasteiger partial charge in [0.1, 0.15) is 5.75 Å². The summed E-state index contributed by atoms with van der Waals surface area (Å²) < 4.78 is 5.76. The molecular weight excluding hydrogens is 238 g/mol. The average molecular weight is 257 g/mol. The summed E-state index contributed by atoms with van der Waals surface area (Å²) in [5, 5.41) is 9.93. The third-order valence-electron chi connectivity index (χ3n) is 3.01. The van der Waals surface area contributed by atoms with Gasteiger partial charge in [-0.25, -0.2) is 0 Å². The van der Waals surface area contributed by atoms with Crippen LogP contribution < -0.4 is 4.74 Å². The van der Waals surface area contributed by atoms with Crippen molar-refractivity contribution in [3.05, 3.63) is 59.9 Å². The van der Waals surface area contributed by atoms with Crippen LogP contribution in [-0.4, -0.2) is 16.7 Å². The molecule has 0 aliphatic heterocycles. The molecule has 1 aromatic heterocycles. The Kier molecular flexibility index (Phi) is 4.93. The Hall–Kier alpha value is -1.87. The summed E-state index contributed by atoms with van der Waals surface area (Å²) in [5.74, 6) is 0.757. The molecule has 2 aromatic rings. The zero-order valence-corrected chi connectivity index (χ0v) is 11.1. The van der Waals surface area contributed by atoms with Crippen LogP contribution in [0.3, 0.4) is 0 Å². The predicted octanol–water partition coefficient (Wildman–Crippen LogP) is 3.15. The van der Waals surface area contributed by atoms with Crippen LogP contribution >= 0.6 is 0 Å². The lowest BCUT2D eigenvalue weighted by Crippen LogP contribution is -2.06. The van der Waals surface area contributed by atoms with Crippen LogP contribution in [0.15, 0.2) is 48.7 Å². The van der Waals surface area contributed by atoms with Gasteiger partial charge in [-0.1, -0.05) is 31.2 Å². The maximum absolute atomic E-state index is 9.93. The number of nitrogens with zero attached hydrogens (tertiary/aromatic N) is 1. The normalized spacial score (nSPS) is 12.1. The standard InChI is InChI=1S/C16H19NO2/c1-2-15(18)14-8-3-4-9-16(14)19-12-10-13-7-5-6-11-17-13/h3-9,11,15,18H,2,10,12H2,1H3. The van der Waals surface area contributed by atoms with Gasteiger partial charge in [0.25, 0.3) is 0 Å². The Balaban J connectivity index is 1.96. The zero-order chi connectivity index (χ0) is 13.5. The van der Waals surface area contributed by atoms with Crippen LogP contribution in [0.1, 0.15) is 30.7 Å². The molecule has 1 heterocycles. The fourth-order valence-electron chi connectivity index (χ4n) is 1.92. The molecule has 0 fully saturated rings. The fourth-order valence-corrected chi connectivity index (χ4v) is 1.92. The van der Waals surface area contributed by atoms with Crippen molar-refractivity contribution in [2.75, 3.05) is 6.61 Å². The average Bonchev–Trinajstić information content (AvgIpc) is 2.48. The molecule has 0 radical (unpaired) electrons. The van der Waals surface area contributed by atoms with Gasteiger partial charge in [-0.3, -0.25) is 4.98 Å². The van der Waals surface area contributed by atoms with Crippen molar-refractivity contribution in [1.29, 1.82) is 0 Å². The van der Waals surface area contributed by atoms with Gasteiger partial charge in [0, 0.05) is 23.9 Å². The van der Waals surface area contributed by atoms with E-state index in [4.69, 9.17) is 4.74 Å². The molecular formula is C16H19NO2. The number of hydrogen-bond donors (Lipinski definition) is 1. The third kappa shape index (κ3) is 3.80. The molecule has 100 valence electrons. The van der Waals surface area contributed by atoms with E-state index in [0.29, 0.717) is 13.0 Å². The molecule has 0 aliphatic rings. The molecule has 3 heteroatoms. The van der Waals surface area contributed by atoms with E-state index >= 15 is 0 Å². The van der Waals surface area contributed by atoms with Crippen LogP contribution in [0.2, 0.25) is 0 Å². The van der Waals surface area contributed by atoms with Crippen LogP contribution in [0.25, 0.3) is 0 Å². The number of aromatic nitrogens is 1.